The molecule has 1 unspecified atom stereocenters. The summed E-state index contributed by atoms with van der Waals surface area (Å²) in [5.41, 5.74) is 1.24. The molecule has 1 aromatic carbocycles. The average Bonchev–Trinajstić information content (AvgIpc) is 2.96. The SMILES string of the molecule is CCCNC(C)c1cccc(OCc2ccco2)c1. The number of rotatable bonds is 7. The fourth-order valence-electron chi connectivity index (χ4n) is 1.90. The third-order valence-electron chi connectivity index (χ3n) is 3.02. The fourth-order valence-corrected chi connectivity index (χ4v) is 1.90. The van der Waals surface area contributed by atoms with Gasteiger partial charge in [0.05, 0.1) is 6.26 Å². The highest BCUT2D eigenvalue weighted by Gasteiger charge is 2.05. The molecule has 0 saturated heterocycles. The number of furan rings is 1. The Labute approximate surface area is 114 Å². The zero-order valence-electron chi connectivity index (χ0n) is 11.6. The van der Waals surface area contributed by atoms with E-state index in [2.05, 4.69) is 31.3 Å². The molecule has 0 saturated carbocycles. The molecule has 1 atom stereocenters. The lowest BCUT2D eigenvalue weighted by atomic mass is 10.1. The van der Waals surface area contributed by atoms with Crippen molar-refractivity contribution in [3.05, 3.63) is 54.0 Å². The topological polar surface area (TPSA) is 34.4 Å². The number of ether oxygens (including phenoxy) is 1. The molecule has 2 aromatic rings. The number of hydrogen-bond acceptors (Lipinski definition) is 3. The second-order valence-corrected chi connectivity index (χ2v) is 4.62. The van der Waals surface area contributed by atoms with E-state index in [1.165, 1.54) is 5.56 Å². The van der Waals surface area contributed by atoms with Crippen LogP contribution in [0.4, 0.5) is 0 Å². The molecular weight excluding hydrogens is 238 g/mol. The smallest absolute Gasteiger partial charge is 0.146 e. The summed E-state index contributed by atoms with van der Waals surface area (Å²) in [6.45, 7) is 5.83. The zero-order chi connectivity index (χ0) is 13.5. The van der Waals surface area contributed by atoms with Crippen molar-refractivity contribution in [2.45, 2.75) is 32.9 Å². The molecule has 0 spiro atoms. The van der Waals surface area contributed by atoms with Gasteiger partial charge >= 0.3 is 0 Å². The van der Waals surface area contributed by atoms with E-state index in [4.69, 9.17) is 9.15 Å². The molecule has 3 nitrogen and oxygen atoms in total. The molecule has 102 valence electrons. The number of hydrogen-bond donors (Lipinski definition) is 1. The van der Waals surface area contributed by atoms with E-state index in [1.807, 2.05) is 24.3 Å². The summed E-state index contributed by atoms with van der Waals surface area (Å²) in [7, 11) is 0. The first-order chi connectivity index (χ1) is 9.29. The quantitative estimate of drug-likeness (QED) is 0.818. The Hall–Kier alpha value is -1.74. The van der Waals surface area contributed by atoms with Crippen molar-refractivity contribution in [1.82, 2.24) is 5.32 Å². The lowest BCUT2D eigenvalue weighted by Gasteiger charge is -2.14. The Morgan fingerprint density at radius 3 is 2.89 bits per heavy atom. The fraction of sp³-hybridized carbons (Fsp3) is 0.375. The normalized spacial score (nSPS) is 12.3. The highest BCUT2D eigenvalue weighted by molar-refractivity contribution is 5.30. The molecule has 0 amide bonds. The molecule has 19 heavy (non-hydrogen) atoms. The molecule has 0 aliphatic carbocycles. The second-order valence-electron chi connectivity index (χ2n) is 4.62. The van der Waals surface area contributed by atoms with Gasteiger partial charge in [0.1, 0.15) is 18.1 Å². The summed E-state index contributed by atoms with van der Waals surface area (Å²) < 4.78 is 11.0. The molecule has 1 aromatic heterocycles. The zero-order valence-corrected chi connectivity index (χ0v) is 11.6. The predicted molar refractivity (Wildman–Crippen MR) is 76.2 cm³/mol. The molecule has 0 aliphatic heterocycles. The van der Waals surface area contributed by atoms with E-state index < -0.39 is 0 Å². The van der Waals surface area contributed by atoms with Crippen molar-refractivity contribution < 1.29 is 9.15 Å². The van der Waals surface area contributed by atoms with Crippen LogP contribution >= 0.6 is 0 Å². The Balaban J connectivity index is 1.94. The summed E-state index contributed by atoms with van der Waals surface area (Å²) in [5, 5.41) is 3.47. The van der Waals surface area contributed by atoms with Crippen molar-refractivity contribution >= 4 is 0 Å². The molecule has 0 bridgehead atoms. The molecular formula is C16H21NO2. The van der Waals surface area contributed by atoms with Gasteiger partial charge < -0.3 is 14.5 Å². The number of nitrogens with one attached hydrogen (secondary N) is 1. The summed E-state index contributed by atoms with van der Waals surface area (Å²) in [4.78, 5) is 0. The lowest BCUT2D eigenvalue weighted by molar-refractivity contribution is 0.270. The third kappa shape index (κ3) is 4.14. The van der Waals surface area contributed by atoms with Crippen molar-refractivity contribution in [3.8, 4) is 5.75 Å². The Kier molecular flexibility index (Phi) is 5.04. The van der Waals surface area contributed by atoms with E-state index in [9.17, 15) is 0 Å². The molecule has 0 radical (unpaired) electrons. The van der Waals surface area contributed by atoms with E-state index >= 15 is 0 Å². The number of benzene rings is 1. The van der Waals surface area contributed by atoms with Crippen LogP contribution in [0, 0.1) is 0 Å². The molecule has 1 N–H and O–H groups in total. The standard InChI is InChI=1S/C16H21NO2/c1-3-9-17-13(2)14-6-4-7-15(11-14)19-12-16-8-5-10-18-16/h4-8,10-11,13,17H,3,9,12H2,1-2H3. The summed E-state index contributed by atoms with van der Waals surface area (Å²) in [5.74, 6) is 1.71. The van der Waals surface area contributed by atoms with Gasteiger partial charge in [-0.2, -0.15) is 0 Å². The highest BCUT2D eigenvalue weighted by atomic mass is 16.5. The van der Waals surface area contributed by atoms with Gasteiger partial charge in [-0.3, -0.25) is 0 Å². The van der Waals surface area contributed by atoms with Crippen molar-refractivity contribution in [2.75, 3.05) is 6.54 Å². The van der Waals surface area contributed by atoms with E-state index in [1.54, 1.807) is 6.26 Å². The van der Waals surface area contributed by atoms with E-state index in [0.717, 1.165) is 24.5 Å². The van der Waals surface area contributed by atoms with Crippen LogP contribution in [-0.2, 0) is 6.61 Å². The minimum Gasteiger partial charge on any atom is -0.486 e. The summed E-state index contributed by atoms with van der Waals surface area (Å²) >= 11 is 0. The Morgan fingerprint density at radius 2 is 2.16 bits per heavy atom. The minimum atomic E-state index is 0.340. The van der Waals surface area contributed by atoms with Gasteiger partial charge in [-0.25, -0.2) is 0 Å². The lowest BCUT2D eigenvalue weighted by Crippen LogP contribution is -2.19. The Morgan fingerprint density at radius 1 is 1.26 bits per heavy atom. The molecule has 2 rings (SSSR count). The summed E-state index contributed by atoms with van der Waals surface area (Å²) in [6, 6.07) is 12.3. The van der Waals surface area contributed by atoms with E-state index in [0.29, 0.717) is 12.6 Å². The van der Waals surface area contributed by atoms with Crippen LogP contribution in [0.5, 0.6) is 5.75 Å². The van der Waals surface area contributed by atoms with Crippen LogP contribution in [0.1, 0.15) is 37.6 Å². The van der Waals surface area contributed by atoms with Gasteiger partial charge in [0, 0.05) is 6.04 Å². The van der Waals surface area contributed by atoms with Crippen LogP contribution in [-0.4, -0.2) is 6.54 Å². The third-order valence-corrected chi connectivity index (χ3v) is 3.02. The molecule has 1 heterocycles. The van der Waals surface area contributed by atoms with Crippen LogP contribution in [0.2, 0.25) is 0 Å². The van der Waals surface area contributed by atoms with Crippen LogP contribution in [0.25, 0.3) is 0 Å². The van der Waals surface area contributed by atoms with Crippen LogP contribution < -0.4 is 10.1 Å². The maximum absolute atomic E-state index is 5.72. The maximum atomic E-state index is 5.72. The first-order valence-electron chi connectivity index (χ1n) is 6.78. The van der Waals surface area contributed by atoms with Crippen molar-refractivity contribution in [1.29, 1.82) is 0 Å². The monoisotopic (exact) mass is 259 g/mol. The van der Waals surface area contributed by atoms with Gasteiger partial charge in [0.25, 0.3) is 0 Å². The molecule has 0 aliphatic rings. The first-order valence-corrected chi connectivity index (χ1v) is 6.78. The average molecular weight is 259 g/mol. The van der Waals surface area contributed by atoms with Gasteiger partial charge in [0.2, 0.25) is 0 Å². The minimum absolute atomic E-state index is 0.340. The molecule has 0 fully saturated rings. The highest BCUT2D eigenvalue weighted by Crippen LogP contribution is 2.20. The summed E-state index contributed by atoms with van der Waals surface area (Å²) in [6.07, 6.45) is 2.80. The van der Waals surface area contributed by atoms with Gasteiger partial charge in [-0.15, -0.1) is 0 Å². The van der Waals surface area contributed by atoms with Gasteiger partial charge in [0.15, 0.2) is 0 Å². The maximum Gasteiger partial charge on any atom is 0.146 e. The Bertz CT molecular complexity index is 479. The van der Waals surface area contributed by atoms with Gasteiger partial charge in [-0.1, -0.05) is 19.1 Å². The van der Waals surface area contributed by atoms with E-state index in [-0.39, 0.29) is 0 Å². The van der Waals surface area contributed by atoms with Crippen LogP contribution in [0.15, 0.2) is 47.1 Å². The van der Waals surface area contributed by atoms with Gasteiger partial charge in [-0.05, 0) is 49.7 Å². The van der Waals surface area contributed by atoms with Crippen LogP contribution in [0.3, 0.4) is 0 Å². The molecule has 3 heteroatoms. The first kappa shape index (κ1) is 13.7. The van der Waals surface area contributed by atoms with Crippen molar-refractivity contribution in [2.24, 2.45) is 0 Å². The van der Waals surface area contributed by atoms with Crippen molar-refractivity contribution in [3.63, 3.8) is 0 Å². The second kappa shape index (κ2) is 7.00. The predicted octanol–water partition coefficient (Wildman–Crippen LogP) is 3.92. The largest absolute Gasteiger partial charge is 0.486 e.